The Labute approximate surface area is 102 Å². The third-order valence-corrected chi connectivity index (χ3v) is 3.74. The first kappa shape index (κ1) is 11.0. The SMILES string of the molecule is NCc1cc2c(nc1N1CCNCC1)CCC2. The molecule has 1 saturated heterocycles. The van der Waals surface area contributed by atoms with E-state index in [2.05, 4.69) is 16.3 Å². The van der Waals surface area contributed by atoms with Crippen molar-refractivity contribution in [3.63, 3.8) is 0 Å². The summed E-state index contributed by atoms with van der Waals surface area (Å²) in [5, 5.41) is 3.37. The van der Waals surface area contributed by atoms with Crippen molar-refractivity contribution in [1.82, 2.24) is 10.3 Å². The van der Waals surface area contributed by atoms with E-state index in [1.165, 1.54) is 29.7 Å². The zero-order valence-corrected chi connectivity index (χ0v) is 10.2. The molecule has 0 saturated carbocycles. The van der Waals surface area contributed by atoms with Gasteiger partial charge in [0.25, 0.3) is 0 Å². The minimum atomic E-state index is 0.597. The molecular weight excluding hydrogens is 212 g/mol. The van der Waals surface area contributed by atoms with Crippen LogP contribution in [0.1, 0.15) is 23.2 Å². The van der Waals surface area contributed by atoms with Crippen molar-refractivity contribution >= 4 is 5.82 Å². The van der Waals surface area contributed by atoms with Crippen LogP contribution in [0.4, 0.5) is 5.82 Å². The molecule has 0 aromatic carbocycles. The number of pyridine rings is 1. The summed E-state index contributed by atoms with van der Waals surface area (Å²) in [5.41, 5.74) is 9.81. The van der Waals surface area contributed by atoms with Gasteiger partial charge in [-0.2, -0.15) is 0 Å². The summed E-state index contributed by atoms with van der Waals surface area (Å²) < 4.78 is 0. The molecule has 4 heteroatoms. The third-order valence-electron chi connectivity index (χ3n) is 3.74. The molecule has 2 heterocycles. The Balaban J connectivity index is 1.96. The van der Waals surface area contributed by atoms with Crippen molar-refractivity contribution in [3.05, 3.63) is 22.9 Å². The van der Waals surface area contributed by atoms with E-state index in [1.54, 1.807) is 0 Å². The predicted octanol–water partition coefficient (Wildman–Crippen LogP) is 0.439. The fraction of sp³-hybridized carbons (Fsp3) is 0.615. The predicted molar refractivity (Wildman–Crippen MR) is 69.2 cm³/mol. The highest BCUT2D eigenvalue weighted by molar-refractivity contribution is 5.51. The first-order valence-electron chi connectivity index (χ1n) is 6.56. The number of aromatic nitrogens is 1. The number of hydrogen-bond donors (Lipinski definition) is 2. The number of nitrogens with two attached hydrogens (primary N) is 1. The van der Waals surface area contributed by atoms with Gasteiger partial charge in [-0.1, -0.05) is 0 Å². The Bertz CT molecular complexity index is 410. The van der Waals surface area contributed by atoms with Crippen LogP contribution < -0.4 is 16.0 Å². The normalized spacial score (nSPS) is 19.5. The molecule has 1 aromatic heterocycles. The van der Waals surface area contributed by atoms with Crippen molar-refractivity contribution in [2.24, 2.45) is 5.73 Å². The van der Waals surface area contributed by atoms with Crippen LogP contribution in [0.25, 0.3) is 0 Å². The second-order valence-electron chi connectivity index (χ2n) is 4.87. The Hall–Kier alpha value is -1.13. The maximum atomic E-state index is 5.87. The van der Waals surface area contributed by atoms with Crippen LogP contribution in [-0.2, 0) is 19.4 Å². The quantitative estimate of drug-likeness (QED) is 0.777. The number of nitrogens with zero attached hydrogens (tertiary/aromatic N) is 2. The number of rotatable bonds is 2. The molecule has 0 atom stereocenters. The molecule has 3 rings (SSSR count). The van der Waals surface area contributed by atoms with Crippen LogP contribution in [0.5, 0.6) is 0 Å². The molecule has 0 radical (unpaired) electrons. The van der Waals surface area contributed by atoms with Gasteiger partial charge in [0.15, 0.2) is 0 Å². The molecule has 0 spiro atoms. The van der Waals surface area contributed by atoms with E-state index in [4.69, 9.17) is 10.7 Å². The molecule has 1 aromatic rings. The average Bonchev–Trinajstić information content (AvgIpc) is 2.85. The van der Waals surface area contributed by atoms with Crippen molar-refractivity contribution in [2.75, 3.05) is 31.1 Å². The van der Waals surface area contributed by atoms with Gasteiger partial charge in [-0.05, 0) is 30.9 Å². The summed E-state index contributed by atoms with van der Waals surface area (Å²) in [5.74, 6) is 1.13. The zero-order valence-electron chi connectivity index (χ0n) is 10.2. The maximum Gasteiger partial charge on any atom is 0.133 e. The Morgan fingerprint density at radius 1 is 1.29 bits per heavy atom. The van der Waals surface area contributed by atoms with Gasteiger partial charge in [-0.15, -0.1) is 0 Å². The second-order valence-corrected chi connectivity index (χ2v) is 4.87. The van der Waals surface area contributed by atoms with Gasteiger partial charge in [0.1, 0.15) is 5.82 Å². The smallest absolute Gasteiger partial charge is 0.133 e. The second kappa shape index (κ2) is 4.63. The molecular formula is C13H20N4. The average molecular weight is 232 g/mol. The molecule has 0 bridgehead atoms. The lowest BCUT2D eigenvalue weighted by molar-refractivity contribution is 0.582. The number of hydrogen-bond acceptors (Lipinski definition) is 4. The number of piperazine rings is 1. The first-order valence-corrected chi connectivity index (χ1v) is 6.56. The van der Waals surface area contributed by atoms with Crippen LogP contribution in [0.15, 0.2) is 6.07 Å². The van der Waals surface area contributed by atoms with Crippen molar-refractivity contribution < 1.29 is 0 Å². The van der Waals surface area contributed by atoms with Gasteiger partial charge in [-0.25, -0.2) is 4.98 Å². The molecule has 1 aliphatic heterocycles. The highest BCUT2D eigenvalue weighted by Crippen LogP contribution is 2.27. The van der Waals surface area contributed by atoms with Crippen LogP contribution in [0.3, 0.4) is 0 Å². The van der Waals surface area contributed by atoms with Gasteiger partial charge in [-0.3, -0.25) is 0 Å². The van der Waals surface area contributed by atoms with Crippen LogP contribution in [0, 0.1) is 0 Å². The topological polar surface area (TPSA) is 54.2 Å². The van der Waals surface area contributed by atoms with Crippen LogP contribution in [-0.4, -0.2) is 31.2 Å². The molecule has 0 unspecified atom stereocenters. The molecule has 3 N–H and O–H groups in total. The summed E-state index contributed by atoms with van der Waals surface area (Å²) in [4.78, 5) is 7.24. The summed E-state index contributed by atoms with van der Waals surface area (Å²) in [7, 11) is 0. The van der Waals surface area contributed by atoms with Crippen molar-refractivity contribution in [3.8, 4) is 0 Å². The van der Waals surface area contributed by atoms with E-state index in [1.807, 2.05) is 0 Å². The fourth-order valence-electron chi connectivity index (χ4n) is 2.81. The molecule has 92 valence electrons. The number of nitrogens with one attached hydrogen (secondary N) is 1. The largest absolute Gasteiger partial charge is 0.354 e. The van der Waals surface area contributed by atoms with Gasteiger partial charge >= 0.3 is 0 Å². The van der Waals surface area contributed by atoms with E-state index in [-0.39, 0.29) is 0 Å². The molecule has 1 fully saturated rings. The molecule has 2 aliphatic rings. The van der Waals surface area contributed by atoms with E-state index in [9.17, 15) is 0 Å². The van der Waals surface area contributed by atoms with E-state index >= 15 is 0 Å². The summed E-state index contributed by atoms with van der Waals surface area (Å²) >= 11 is 0. The molecule has 4 nitrogen and oxygen atoms in total. The van der Waals surface area contributed by atoms with Crippen LogP contribution >= 0.6 is 0 Å². The summed E-state index contributed by atoms with van der Waals surface area (Å²) in [6, 6.07) is 2.28. The zero-order chi connectivity index (χ0) is 11.7. The third kappa shape index (κ3) is 2.03. The van der Waals surface area contributed by atoms with Crippen molar-refractivity contribution in [2.45, 2.75) is 25.8 Å². The van der Waals surface area contributed by atoms with E-state index < -0.39 is 0 Å². The minimum Gasteiger partial charge on any atom is -0.354 e. The maximum absolute atomic E-state index is 5.87. The van der Waals surface area contributed by atoms with E-state index in [0.29, 0.717) is 6.54 Å². The van der Waals surface area contributed by atoms with Gasteiger partial charge < -0.3 is 16.0 Å². The number of fused-ring (bicyclic) bond motifs is 1. The molecule has 17 heavy (non-hydrogen) atoms. The monoisotopic (exact) mass is 232 g/mol. The summed E-state index contributed by atoms with van der Waals surface area (Å²) in [6.45, 7) is 4.77. The fourth-order valence-corrected chi connectivity index (χ4v) is 2.81. The van der Waals surface area contributed by atoms with Crippen LogP contribution in [0.2, 0.25) is 0 Å². The highest BCUT2D eigenvalue weighted by atomic mass is 15.2. The lowest BCUT2D eigenvalue weighted by atomic mass is 10.1. The Kier molecular flexibility index (Phi) is 2.99. The molecule has 1 aliphatic carbocycles. The number of anilines is 1. The Morgan fingerprint density at radius 2 is 2.12 bits per heavy atom. The van der Waals surface area contributed by atoms with Gasteiger partial charge in [0.05, 0.1) is 0 Å². The Morgan fingerprint density at radius 3 is 2.88 bits per heavy atom. The highest BCUT2D eigenvalue weighted by Gasteiger charge is 2.20. The summed E-state index contributed by atoms with van der Waals surface area (Å²) in [6.07, 6.45) is 3.56. The lowest BCUT2D eigenvalue weighted by Gasteiger charge is -2.30. The number of aryl methyl sites for hydroxylation is 2. The van der Waals surface area contributed by atoms with Crippen molar-refractivity contribution in [1.29, 1.82) is 0 Å². The first-order chi connectivity index (χ1) is 8.38. The van der Waals surface area contributed by atoms with Gasteiger partial charge in [0.2, 0.25) is 0 Å². The van der Waals surface area contributed by atoms with E-state index in [0.717, 1.165) is 38.4 Å². The standard InChI is InChI=1S/C13H20N4/c14-9-11-8-10-2-1-3-12(10)16-13(11)17-6-4-15-5-7-17/h8,15H,1-7,9,14H2. The minimum absolute atomic E-state index is 0.597. The van der Waals surface area contributed by atoms with Gasteiger partial charge in [0, 0.05) is 44.0 Å². The lowest BCUT2D eigenvalue weighted by Crippen LogP contribution is -2.44. The molecule has 0 amide bonds.